The Kier molecular flexibility index (Phi) is 6.94. The average Bonchev–Trinajstić information content (AvgIpc) is 3.28. The van der Waals surface area contributed by atoms with Gasteiger partial charge in [0.25, 0.3) is 5.91 Å². The SMILES string of the molecule is CC[C@@H](CCc1ccc(Cl)cn1)N(C)C(=O)c1cc(C(F)(F)F)ccc1-n1nccn1. The van der Waals surface area contributed by atoms with Crippen molar-refractivity contribution >= 4 is 17.5 Å². The maximum absolute atomic E-state index is 13.3. The number of amides is 1. The zero-order valence-electron chi connectivity index (χ0n) is 17.0. The van der Waals surface area contributed by atoms with Crippen LogP contribution in [-0.4, -0.2) is 43.9 Å². The molecule has 0 radical (unpaired) electrons. The van der Waals surface area contributed by atoms with Crippen LogP contribution < -0.4 is 0 Å². The third-order valence-corrected chi connectivity index (χ3v) is 5.27. The van der Waals surface area contributed by atoms with Crippen molar-refractivity contribution < 1.29 is 18.0 Å². The van der Waals surface area contributed by atoms with Crippen molar-refractivity contribution in [1.29, 1.82) is 0 Å². The minimum Gasteiger partial charge on any atom is -0.339 e. The molecule has 0 bridgehead atoms. The number of aryl methyl sites for hydroxylation is 1. The van der Waals surface area contributed by atoms with Gasteiger partial charge >= 0.3 is 6.18 Å². The molecule has 3 aromatic rings. The van der Waals surface area contributed by atoms with Gasteiger partial charge in [-0.05, 0) is 49.6 Å². The first-order chi connectivity index (χ1) is 14.7. The molecule has 2 aromatic heterocycles. The first kappa shape index (κ1) is 22.7. The zero-order chi connectivity index (χ0) is 22.6. The van der Waals surface area contributed by atoms with Crippen LogP contribution in [0.5, 0.6) is 0 Å². The van der Waals surface area contributed by atoms with Crippen LogP contribution in [0, 0.1) is 0 Å². The predicted octanol–water partition coefficient (Wildman–Crippen LogP) is 4.82. The molecule has 0 N–H and O–H groups in total. The van der Waals surface area contributed by atoms with E-state index in [0.29, 0.717) is 24.3 Å². The topological polar surface area (TPSA) is 63.9 Å². The van der Waals surface area contributed by atoms with Gasteiger partial charge in [-0.15, -0.1) is 0 Å². The molecule has 0 saturated carbocycles. The molecule has 1 amide bonds. The van der Waals surface area contributed by atoms with Crippen LogP contribution in [0.1, 0.15) is 41.4 Å². The van der Waals surface area contributed by atoms with Gasteiger partial charge in [0.05, 0.1) is 34.2 Å². The van der Waals surface area contributed by atoms with Gasteiger partial charge < -0.3 is 4.90 Å². The van der Waals surface area contributed by atoms with E-state index in [9.17, 15) is 18.0 Å². The van der Waals surface area contributed by atoms with E-state index in [0.717, 1.165) is 22.6 Å². The highest BCUT2D eigenvalue weighted by atomic mass is 35.5. The van der Waals surface area contributed by atoms with Crippen molar-refractivity contribution in [3.63, 3.8) is 0 Å². The molecule has 0 unspecified atom stereocenters. The number of pyridine rings is 1. The summed E-state index contributed by atoms with van der Waals surface area (Å²) in [5.41, 5.74) is -0.0107. The van der Waals surface area contributed by atoms with E-state index in [1.807, 2.05) is 13.0 Å². The van der Waals surface area contributed by atoms with Gasteiger partial charge in [-0.1, -0.05) is 18.5 Å². The lowest BCUT2D eigenvalue weighted by molar-refractivity contribution is -0.137. The van der Waals surface area contributed by atoms with Gasteiger partial charge in [-0.25, -0.2) is 0 Å². The summed E-state index contributed by atoms with van der Waals surface area (Å²) in [5, 5.41) is 8.46. The van der Waals surface area contributed by atoms with Gasteiger partial charge in [0, 0.05) is 25.0 Å². The molecule has 31 heavy (non-hydrogen) atoms. The summed E-state index contributed by atoms with van der Waals surface area (Å²) in [6.07, 6.45) is 1.59. The van der Waals surface area contributed by atoms with Gasteiger partial charge in [-0.3, -0.25) is 9.78 Å². The summed E-state index contributed by atoms with van der Waals surface area (Å²) in [6.45, 7) is 1.92. The largest absolute Gasteiger partial charge is 0.416 e. The van der Waals surface area contributed by atoms with Crippen LogP contribution in [0.3, 0.4) is 0 Å². The van der Waals surface area contributed by atoms with Crippen LogP contribution in [0.2, 0.25) is 5.02 Å². The highest BCUT2D eigenvalue weighted by molar-refractivity contribution is 6.30. The number of nitrogens with zero attached hydrogens (tertiary/aromatic N) is 5. The molecule has 0 spiro atoms. The molecule has 0 aliphatic carbocycles. The van der Waals surface area contributed by atoms with Crippen LogP contribution in [0.15, 0.2) is 48.9 Å². The second-order valence-electron chi connectivity index (χ2n) is 7.03. The standard InChI is InChI=1S/C21H21ClF3N5O/c1-3-17(8-7-16-6-5-15(22)13-26-16)29(2)20(31)18-12-14(21(23,24)25)4-9-19(18)30-27-10-11-28-30/h4-6,9-13,17H,3,7-8H2,1-2H3/t17-/m0/s1. The van der Waals surface area contributed by atoms with Crippen molar-refractivity contribution in [2.75, 3.05) is 7.05 Å². The predicted molar refractivity (Wildman–Crippen MR) is 110 cm³/mol. The van der Waals surface area contributed by atoms with Crippen molar-refractivity contribution in [2.45, 2.75) is 38.4 Å². The van der Waals surface area contributed by atoms with E-state index in [1.54, 1.807) is 19.3 Å². The van der Waals surface area contributed by atoms with Crippen molar-refractivity contribution in [1.82, 2.24) is 24.9 Å². The Bertz CT molecular complexity index is 1020. The number of alkyl halides is 3. The van der Waals surface area contributed by atoms with Crippen molar-refractivity contribution in [3.8, 4) is 5.69 Å². The summed E-state index contributed by atoms with van der Waals surface area (Å²) in [4.78, 5) is 20.1. The Morgan fingerprint density at radius 3 is 2.48 bits per heavy atom. The lowest BCUT2D eigenvalue weighted by atomic mass is 10.0. The fraction of sp³-hybridized carbons (Fsp3) is 0.333. The molecular formula is C21H21ClF3N5O. The summed E-state index contributed by atoms with van der Waals surface area (Å²) in [7, 11) is 1.59. The number of halogens is 4. The normalized spacial score (nSPS) is 12.6. The molecular weight excluding hydrogens is 431 g/mol. The molecule has 1 aromatic carbocycles. The fourth-order valence-electron chi connectivity index (χ4n) is 3.29. The smallest absolute Gasteiger partial charge is 0.339 e. The Morgan fingerprint density at radius 1 is 1.19 bits per heavy atom. The van der Waals surface area contributed by atoms with Crippen LogP contribution >= 0.6 is 11.6 Å². The number of carbonyl (C=O) groups excluding carboxylic acids is 1. The van der Waals surface area contributed by atoms with Crippen molar-refractivity contribution in [3.05, 3.63) is 70.8 Å². The molecule has 6 nitrogen and oxygen atoms in total. The second kappa shape index (κ2) is 9.47. The first-order valence-electron chi connectivity index (χ1n) is 9.66. The van der Waals surface area contributed by atoms with Crippen LogP contribution in [-0.2, 0) is 12.6 Å². The minimum atomic E-state index is -4.58. The number of hydrogen-bond acceptors (Lipinski definition) is 4. The quantitative estimate of drug-likeness (QED) is 0.516. The molecule has 2 heterocycles. The second-order valence-corrected chi connectivity index (χ2v) is 7.47. The van der Waals surface area contributed by atoms with Crippen LogP contribution in [0.4, 0.5) is 13.2 Å². The van der Waals surface area contributed by atoms with Gasteiger partial charge in [0.1, 0.15) is 0 Å². The highest BCUT2D eigenvalue weighted by Crippen LogP contribution is 2.32. The average molecular weight is 452 g/mol. The molecule has 0 aliphatic heterocycles. The van der Waals surface area contributed by atoms with Crippen LogP contribution in [0.25, 0.3) is 5.69 Å². The fourth-order valence-corrected chi connectivity index (χ4v) is 3.41. The van der Waals surface area contributed by atoms with E-state index in [1.165, 1.54) is 23.4 Å². The Hall–Kier alpha value is -2.94. The van der Waals surface area contributed by atoms with E-state index in [2.05, 4.69) is 15.2 Å². The van der Waals surface area contributed by atoms with Gasteiger partial charge in [0.2, 0.25) is 0 Å². The van der Waals surface area contributed by atoms with Gasteiger partial charge in [0.15, 0.2) is 0 Å². The molecule has 0 saturated heterocycles. The van der Waals surface area contributed by atoms with Crippen molar-refractivity contribution in [2.24, 2.45) is 0 Å². The van der Waals surface area contributed by atoms with E-state index < -0.39 is 17.6 Å². The summed E-state index contributed by atoms with van der Waals surface area (Å²) in [5.74, 6) is -0.533. The maximum Gasteiger partial charge on any atom is 0.416 e. The van der Waals surface area contributed by atoms with E-state index >= 15 is 0 Å². The minimum absolute atomic E-state index is 0.114. The molecule has 0 aliphatic rings. The zero-order valence-corrected chi connectivity index (χ0v) is 17.7. The van der Waals surface area contributed by atoms with Gasteiger partial charge in [-0.2, -0.15) is 28.2 Å². The summed E-state index contributed by atoms with van der Waals surface area (Å²) >= 11 is 5.86. The first-order valence-corrected chi connectivity index (χ1v) is 10.0. The summed E-state index contributed by atoms with van der Waals surface area (Å²) < 4.78 is 39.9. The number of benzene rings is 1. The molecule has 1 atom stereocenters. The Balaban J connectivity index is 1.87. The molecule has 10 heteroatoms. The Morgan fingerprint density at radius 2 is 1.90 bits per heavy atom. The third-order valence-electron chi connectivity index (χ3n) is 5.05. The van der Waals surface area contributed by atoms with E-state index in [-0.39, 0.29) is 17.3 Å². The third kappa shape index (κ3) is 5.41. The molecule has 3 rings (SSSR count). The highest BCUT2D eigenvalue weighted by Gasteiger charge is 2.33. The molecule has 0 fully saturated rings. The summed E-state index contributed by atoms with van der Waals surface area (Å²) in [6, 6.07) is 6.33. The number of aromatic nitrogens is 4. The maximum atomic E-state index is 13.3. The van der Waals surface area contributed by atoms with E-state index in [4.69, 9.17) is 11.6 Å². The number of rotatable bonds is 7. The monoisotopic (exact) mass is 451 g/mol. The lowest BCUT2D eigenvalue weighted by Crippen LogP contribution is -2.37. The Labute approximate surface area is 182 Å². The number of hydrogen-bond donors (Lipinski definition) is 0. The number of carbonyl (C=O) groups is 1. The molecule has 164 valence electrons. The lowest BCUT2D eigenvalue weighted by Gasteiger charge is -2.28.